The van der Waals surface area contributed by atoms with E-state index in [1.54, 1.807) is 29.4 Å². The molecule has 0 atom stereocenters. The van der Waals surface area contributed by atoms with Crippen LogP contribution in [-0.4, -0.2) is 37.0 Å². The summed E-state index contributed by atoms with van der Waals surface area (Å²) in [5.74, 6) is 0.837. The van der Waals surface area contributed by atoms with E-state index in [0.29, 0.717) is 17.9 Å². The maximum Gasteiger partial charge on any atom is 0.128 e. The maximum atomic E-state index is 9.64. The van der Waals surface area contributed by atoms with E-state index in [9.17, 15) is 5.11 Å². The van der Waals surface area contributed by atoms with Gasteiger partial charge in [0.2, 0.25) is 0 Å². The van der Waals surface area contributed by atoms with Crippen molar-refractivity contribution in [1.29, 1.82) is 0 Å². The summed E-state index contributed by atoms with van der Waals surface area (Å²) in [5.41, 5.74) is 0.673. The molecule has 82 valence electrons. The number of benzene rings is 1. The van der Waals surface area contributed by atoms with Gasteiger partial charge < -0.3 is 14.9 Å². The second-order valence-electron chi connectivity index (χ2n) is 3.25. The largest absolute Gasteiger partial charge is 0.507 e. The van der Waals surface area contributed by atoms with E-state index in [2.05, 4.69) is 5.10 Å². The normalized spacial score (nSPS) is 10.6. The second-order valence-corrected chi connectivity index (χ2v) is 3.25. The SMILES string of the molecule is CCOc1ccc(/C=N\N(C)C)c(O)c1. The van der Waals surface area contributed by atoms with Crippen molar-refractivity contribution in [1.82, 2.24) is 5.01 Å². The fraction of sp³-hybridized carbons (Fsp3) is 0.364. The summed E-state index contributed by atoms with van der Waals surface area (Å²) in [6.07, 6.45) is 1.60. The van der Waals surface area contributed by atoms with Crippen molar-refractivity contribution in [3.8, 4) is 11.5 Å². The molecule has 0 aliphatic heterocycles. The Bertz CT molecular complexity index is 348. The Morgan fingerprint density at radius 1 is 1.47 bits per heavy atom. The van der Waals surface area contributed by atoms with Crippen LogP contribution in [0.25, 0.3) is 0 Å². The first kappa shape index (κ1) is 11.4. The summed E-state index contributed by atoms with van der Waals surface area (Å²) in [7, 11) is 3.64. The lowest BCUT2D eigenvalue weighted by molar-refractivity contribution is 0.337. The van der Waals surface area contributed by atoms with Crippen LogP contribution in [0.3, 0.4) is 0 Å². The molecule has 0 fully saturated rings. The number of phenols is 1. The molecule has 0 saturated carbocycles. The molecule has 0 saturated heterocycles. The molecular formula is C11H16N2O2. The molecule has 1 rings (SSSR count). The number of ether oxygens (including phenoxy) is 1. The zero-order valence-electron chi connectivity index (χ0n) is 9.27. The Morgan fingerprint density at radius 2 is 2.20 bits per heavy atom. The number of hydrogen-bond acceptors (Lipinski definition) is 4. The third-order valence-corrected chi connectivity index (χ3v) is 1.74. The average Bonchev–Trinajstić information content (AvgIpc) is 2.17. The van der Waals surface area contributed by atoms with E-state index in [1.807, 2.05) is 21.0 Å². The molecule has 1 aromatic carbocycles. The average molecular weight is 208 g/mol. The number of rotatable bonds is 4. The van der Waals surface area contributed by atoms with Gasteiger partial charge in [-0.15, -0.1) is 0 Å². The van der Waals surface area contributed by atoms with Gasteiger partial charge in [-0.05, 0) is 19.1 Å². The third kappa shape index (κ3) is 3.50. The summed E-state index contributed by atoms with van der Waals surface area (Å²) >= 11 is 0. The highest BCUT2D eigenvalue weighted by Crippen LogP contribution is 2.22. The van der Waals surface area contributed by atoms with Crippen LogP contribution in [0.5, 0.6) is 11.5 Å². The fourth-order valence-corrected chi connectivity index (χ4v) is 1.07. The quantitative estimate of drug-likeness (QED) is 0.605. The highest BCUT2D eigenvalue weighted by atomic mass is 16.5. The minimum atomic E-state index is 0.173. The second kappa shape index (κ2) is 5.24. The molecule has 0 spiro atoms. The highest BCUT2D eigenvalue weighted by Gasteiger charge is 2.00. The summed E-state index contributed by atoms with van der Waals surface area (Å²) in [6.45, 7) is 2.49. The smallest absolute Gasteiger partial charge is 0.128 e. The van der Waals surface area contributed by atoms with E-state index in [4.69, 9.17) is 4.74 Å². The Morgan fingerprint density at radius 3 is 2.73 bits per heavy atom. The van der Waals surface area contributed by atoms with Crippen LogP contribution in [0.1, 0.15) is 12.5 Å². The first-order valence-corrected chi connectivity index (χ1v) is 4.80. The predicted molar refractivity (Wildman–Crippen MR) is 60.6 cm³/mol. The van der Waals surface area contributed by atoms with Gasteiger partial charge in [0.15, 0.2) is 0 Å². The first-order chi connectivity index (χ1) is 7.13. The van der Waals surface area contributed by atoms with Gasteiger partial charge in [-0.3, -0.25) is 0 Å². The monoisotopic (exact) mass is 208 g/mol. The van der Waals surface area contributed by atoms with Crippen molar-refractivity contribution in [3.63, 3.8) is 0 Å². The van der Waals surface area contributed by atoms with Crippen LogP contribution in [0.2, 0.25) is 0 Å². The van der Waals surface area contributed by atoms with Crippen molar-refractivity contribution < 1.29 is 9.84 Å². The molecular weight excluding hydrogens is 192 g/mol. The fourth-order valence-electron chi connectivity index (χ4n) is 1.07. The molecule has 0 amide bonds. The van der Waals surface area contributed by atoms with Crippen LogP contribution in [0.4, 0.5) is 0 Å². The van der Waals surface area contributed by atoms with Crippen molar-refractivity contribution in [2.24, 2.45) is 5.10 Å². The van der Waals surface area contributed by atoms with E-state index in [1.165, 1.54) is 0 Å². The Labute approximate surface area is 89.8 Å². The summed E-state index contributed by atoms with van der Waals surface area (Å²) in [6, 6.07) is 5.16. The van der Waals surface area contributed by atoms with Crippen LogP contribution < -0.4 is 4.74 Å². The minimum absolute atomic E-state index is 0.173. The number of phenolic OH excluding ortho intramolecular Hbond substituents is 1. The van der Waals surface area contributed by atoms with Crippen molar-refractivity contribution in [2.75, 3.05) is 20.7 Å². The lowest BCUT2D eigenvalue weighted by atomic mass is 10.2. The number of hydrazone groups is 1. The molecule has 1 N–H and O–H groups in total. The number of nitrogens with zero attached hydrogens (tertiary/aromatic N) is 2. The Balaban J connectivity index is 2.83. The van der Waals surface area contributed by atoms with Gasteiger partial charge in [-0.25, -0.2) is 0 Å². The zero-order chi connectivity index (χ0) is 11.3. The zero-order valence-corrected chi connectivity index (χ0v) is 9.27. The molecule has 15 heavy (non-hydrogen) atoms. The van der Waals surface area contributed by atoms with Crippen LogP contribution in [-0.2, 0) is 0 Å². The summed E-state index contributed by atoms with van der Waals surface area (Å²) in [5, 5.41) is 15.3. The maximum absolute atomic E-state index is 9.64. The van der Waals surface area contributed by atoms with Gasteiger partial charge >= 0.3 is 0 Å². The number of hydrogen-bond donors (Lipinski definition) is 1. The molecule has 0 heterocycles. The number of aromatic hydroxyl groups is 1. The Kier molecular flexibility index (Phi) is 3.97. The Hall–Kier alpha value is -1.71. The lowest BCUT2D eigenvalue weighted by Crippen LogP contribution is -2.02. The first-order valence-electron chi connectivity index (χ1n) is 4.80. The van der Waals surface area contributed by atoms with E-state index < -0.39 is 0 Å². The molecule has 1 aromatic rings. The highest BCUT2D eigenvalue weighted by molar-refractivity contribution is 5.83. The molecule has 0 aliphatic rings. The standard InChI is InChI=1S/C11H16N2O2/c1-4-15-10-6-5-9(11(14)7-10)8-12-13(2)3/h5-8,14H,4H2,1-3H3/b12-8-. The van der Waals surface area contributed by atoms with E-state index >= 15 is 0 Å². The lowest BCUT2D eigenvalue weighted by Gasteiger charge is -2.06. The summed E-state index contributed by atoms with van der Waals surface area (Å²) < 4.78 is 5.25. The van der Waals surface area contributed by atoms with Gasteiger partial charge in [-0.2, -0.15) is 5.10 Å². The van der Waals surface area contributed by atoms with Gasteiger partial charge in [0.05, 0.1) is 12.8 Å². The molecule has 0 aliphatic carbocycles. The molecule has 0 unspecified atom stereocenters. The van der Waals surface area contributed by atoms with Gasteiger partial charge in [0.1, 0.15) is 11.5 Å². The van der Waals surface area contributed by atoms with Crippen LogP contribution in [0, 0.1) is 0 Å². The molecule has 4 heteroatoms. The molecule has 0 radical (unpaired) electrons. The summed E-state index contributed by atoms with van der Waals surface area (Å²) in [4.78, 5) is 0. The minimum Gasteiger partial charge on any atom is -0.507 e. The van der Waals surface area contributed by atoms with E-state index in [0.717, 1.165) is 0 Å². The van der Waals surface area contributed by atoms with E-state index in [-0.39, 0.29) is 5.75 Å². The third-order valence-electron chi connectivity index (χ3n) is 1.74. The topological polar surface area (TPSA) is 45.1 Å². The van der Waals surface area contributed by atoms with Gasteiger partial charge in [0, 0.05) is 25.7 Å². The van der Waals surface area contributed by atoms with Crippen molar-refractivity contribution in [3.05, 3.63) is 23.8 Å². The molecule has 0 bridgehead atoms. The predicted octanol–water partition coefficient (Wildman–Crippen LogP) is 1.69. The van der Waals surface area contributed by atoms with Gasteiger partial charge in [-0.1, -0.05) is 0 Å². The van der Waals surface area contributed by atoms with Crippen molar-refractivity contribution >= 4 is 6.21 Å². The molecule has 4 nitrogen and oxygen atoms in total. The van der Waals surface area contributed by atoms with Gasteiger partial charge in [0.25, 0.3) is 0 Å². The van der Waals surface area contributed by atoms with Crippen LogP contribution >= 0.6 is 0 Å². The molecule has 0 aromatic heterocycles. The van der Waals surface area contributed by atoms with Crippen LogP contribution in [0.15, 0.2) is 23.3 Å². The van der Waals surface area contributed by atoms with Crippen molar-refractivity contribution in [2.45, 2.75) is 6.92 Å².